The zero-order valence-corrected chi connectivity index (χ0v) is 16.6. The Morgan fingerprint density at radius 3 is 2.48 bits per heavy atom. The van der Waals surface area contributed by atoms with Crippen LogP contribution in [0.1, 0.15) is 19.8 Å². The number of piperidine rings is 1. The molecular formula is C18H21N5O5S. The molecular weight excluding hydrogens is 398 g/mol. The number of carbonyl (C=O) groups is 2. The second-order valence-corrected chi connectivity index (χ2v) is 8.45. The average Bonchev–Trinajstić information content (AvgIpc) is 2.75. The van der Waals surface area contributed by atoms with Gasteiger partial charge in [0.2, 0.25) is 16.0 Å². The third kappa shape index (κ3) is 5.12. The van der Waals surface area contributed by atoms with Crippen LogP contribution in [-0.2, 0) is 24.3 Å². The van der Waals surface area contributed by atoms with Crippen LogP contribution in [0.5, 0.6) is 0 Å². The molecule has 1 amide bonds. The fourth-order valence-electron chi connectivity index (χ4n) is 2.88. The molecule has 1 N–H and O–H groups in total. The SMILES string of the molecule is CC(OC(=O)C1CCN(S(=O)(=O)c2cccnc2)CC1)C(=O)Nc1ncccn1. The molecule has 11 heteroatoms. The molecule has 154 valence electrons. The fourth-order valence-corrected chi connectivity index (χ4v) is 4.31. The molecule has 2 aromatic heterocycles. The van der Waals surface area contributed by atoms with Crippen molar-refractivity contribution in [2.24, 2.45) is 5.92 Å². The van der Waals surface area contributed by atoms with E-state index in [1.807, 2.05) is 0 Å². The lowest BCUT2D eigenvalue weighted by molar-refractivity contribution is -0.158. The van der Waals surface area contributed by atoms with Gasteiger partial charge in [-0.2, -0.15) is 4.31 Å². The van der Waals surface area contributed by atoms with Gasteiger partial charge in [-0.05, 0) is 38.0 Å². The third-order valence-electron chi connectivity index (χ3n) is 4.52. The summed E-state index contributed by atoms with van der Waals surface area (Å²) >= 11 is 0. The van der Waals surface area contributed by atoms with Gasteiger partial charge in [0.25, 0.3) is 5.91 Å². The summed E-state index contributed by atoms with van der Waals surface area (Å²) in [5.74, 6) is -1.42. The minimum absolute atomic E-state index is 0.120. The predicted octanol–water partition coefficient (Wildman–Crippen LogP) is 0.843. The highest BCUT2D eigenvalue weighted by Gasteiger charge is 2.34. The number of sulfonamides is 1. The van der Waals surface area contributed by atoms with E-state index in [2.05, 4.69) is 20.3 Å². The summed E-state index contributed by atoms with van der Waals surface area (Å²) < 4.78 is 31.8. The Balaban J connectivity index is 1.51. The number of hydrogen-bond donors (Lipinski definition) is 1. The standard InChI is InChI=1S/C18H21N5O5S/c1-13(16(24)22-18-20-8-3-9-21-18)28-17(25)14-5-10-23(11-6-14)29(26,27)15-4-2-7-19-12-15/h2-4,7-9,12-14H,5-6,10-11H2,1H3,(H,20,21,22,24). The Bertz CT molecular complexity index is 947. The van der Waals surface area contributed by atoms with E-state index in [9.17, 15) is 18.0 Å². The predicted molar refractivity (Wildman–Crippen MR) is 102 cm³/mol. The number of aromatic nitrogens is 3. The van der Waals surface area contributed by atoms with Crippen LogP contribution in [0.15, 0.2) is 47.9 Å². The first-order valence-corrected chi connectivity index (χ1v) is 10.5. The Morgan fingerprint density at radius 1 is 1.17 bits per heavy atom. The number of hydrogen-bond acceptors (Lipinski definition) is 8. The van der Waals surface area contributed by atoms with Crippen LogP contribution < -0.4 is 5.32 Å². The highest BCUT2D eigenvalue weighted by Crippen LogP contribution is 2.24. The number of anilines is 1. The van der Waals surface area contributed by atoms with Gasteiger partial charge in [-0.3, -0.25) is 19.9 Å². The van der Waals surface area contributed by atoms with E-state index in [1.165, 1.54) is 42.1 Å². The maximum atomic E-state index is 12.6. The summed E-state index contributed by atoms with van der Waals surface area (Å²) in [4.78, 5) is 36.2. The molecule has 10 nitrogen and oxygen atoms in total. The van der Waals surface area contributed by atoms with Gasteiger partial charge < -0.3 is 4.74 Å². The van der Waals surface area contributed by atoms with E-state index < -0.39 is 33.9 Å². The topological polar surface area (TPSA) is 131 Å². The molecule has 1 saturated heterocycles. The molecule has 1 unspecified atom stereocenters. The molecule has 0 spiro atoms. The Hall–Kier alpha value is -2.92. The number of pyridine rings is 1. The van der Waals surface area contributed by atoms with E-state index in [0.717, 1.165) is 0 Å². The molecule has 3 rings (SSSR count). The van der Waals surface area contributed by atoms with Crippen LogP contribution in [0.2, 0.25) is 0 Å². The highest BCUT2D eigenvalue weighted by atomic mass is 32.2. The van der Waals surface area contributed by atoms with Gasteiger partial charge >= 0.3 is 5.97 Å². The lowest BCUT2D eigenvalue weighted by atomic mass is 9.98. The van der Waals surface area contributed by atoms with E-state index in [4.69, 9.17) is 4.74 Å². The van der Waals surface area contributed by atoms with Crippen LogP contribution in [0, 0.1) is 5.92 Å². The molecule has 1 atom stereocenters. The first-order chi connectivity index (χ1) is 13.9. The summed E-state index contributed by atoms with van der Waals surface area (Å²) in [5, 5.41) is 2.46. The zero-order chi connectivity index (χ0) is 20.9. The van der Waals surface area contributed by atoms with Crippen molar-refractivity contribution in [3.05, 3.63) is 43.0 Å². The number of amides is 1. The smallest absolute Gasteiger partial charge is 0.309 e. The number of carbonyl (C=O) groups excluding carboxylic acids is 2. The maximum Gasteiger partial charge on any atom is 0.309 e. The largest absolute Gasteiger partial charge is 0.452 e. The number of esters is 1. The molecule has 1 aliphatic heterocycles. The molecule has 0 aromatic carbocycles. The van der Waals surface area contributed by atoms with Crippen molar-refractivity contribution >= 4 is 27.8 Å². The average molecular weight is 419 g/mol. The first kappa shape index (κ1) is 20.8. The van der Waals surface area contributed by atoms with E-state index >= 15 is 0 Å². The molecule has 2 aromatic rings. The molecule has 0 saturated carbocycles. The lowest BCUT2D eigenvalue weighted by Crippen LogP contribution is -2.41. The second kappa shape index (κ2) is 9.05. The molecule has 0 radical (unpaired) electrons. The van der Waals surface area contributed by atoms with Gasteiger partial charge in [-0.25, -0.2) is 18.4 Å². The minimum Gasteiger partial charge on any atom is -0.452 e. The van der Waals surface area contributed by atoms with Crippen molar-refractivity contribution in [3.63, 3.8) is 0 Å². The van der Waals surface area contributed by atoms with Gasteiger partial charge in [-0.1, -0.05) is 0 Å². The van der Waals surface area contributed by atoms with Crippen molar-refractivity contribution in [1.29, 1.82) is 0 Å². The summed E-state index contributed by atoms with van der Waals surface area (Å²) in [6.45, 7) is 1.84. The zero-order valence-electron chi connectivity index (χ0n) is 15.8. The fraction of sp³-hybridized carbons (Fsp3) is 0.389. The first-order valence-electron chi connectivity index (χ1n) is 9.06. The lowest BCUT2D eigenvalue weighted by Gasteiger charge is -2.30. The monoisotopic (exact) mass is 419 g/mol. The van der Waals surface area contributed by atoms with Crippen LogP contribution in [0.25, 0.3) is 0 Å². The van der Waals surface area contributed by atoms with Crippen LogP contribution >= 0.6 is 0 Å². The van der Waals surface area contributed by atoms with Gasteiger partial charge in [0.15, 0.2) is 6.10 Å². The minimum atomic E-state index is -3.64. The van der Waals surface area contributed by atoms with Crippen LogP contribution in [-0.4, -0.2) is 58.7 Å². The van der Waals surface area contributed by atoms with Gasteiger partial charge in [-0.15, -0.1) is 0 Å². The Labute approximate surface area is 168 Å². The van der Waals surface area contributed by atoms with E-state index in [-0.39, 0.29) is 23.9 Å². The number of ether oxygens (including phenoxy) is 1. The van der Waals surface area contributed by atoms with Crippen LogP contribution in [0.3, 0.4) is 0 Å². The summed E-state index contributed by atoms with van der Waals surface area (Å²) in [6.07, 6.45) is 5.36. The number of nitrogens with zero attached hydrogens (tertiary/aromatic N) is 4. The quantitative estimate of drug-likeness (QED) is 0.682. The van der Waals surface area contributed by atoms with E-state index in [0.29, 0.717) is 12.8 Å². The number of rotatable bonds is 6. The van der Waals surface area contributed by atoms with Crippen molar-refractivity contribution in [3.8, 4) is 0 Å². The second-order valence-electron chi connectivity index (χ2n) is 6.51. The summed E-state index contributed by atoms with van der Waals surface area (Å²) in [5.41, 5.74) is 0. The Kier molecular flexibility index (Phi) is 6.49. The number of nitrogens with one attached hydrogen (secondary N) is 1. The van der Waals surface area contributed by atoms with Crippen molar-refractivity contribution in [1.82, 2.24) is 19.3 Å². The van der Waals surface area contributed by atoms with Crippen molar-refractivity contribution < 1.29 is 22.7 Å². The van der Waals surface area contributed by atoms with Gasteiger partial charge in [0.1, 0.15) is 4.90 Å². The molecule has 29 heavy (non-hydrogen) atoms. The summed E-state index contributed by atoms with van der Waals surface area (Å²) in [7, 11) is -3.64. The molecule has 1 aliphatic rings. The highest BCUT2D eigenvalue weighted by molar-refractivity contribution is 7.89. The molecule has 3 heterocycles. The molecule has 0 bridgehead atoms. The van der Waals surface area contributed by atoms with Crippen molar-refractivity contribution in [2.75, 3.05) is 18.4 Å². The molecule has 1 fully saturated rings. The Morgan fingerprint density at radius 2 is 1.86 bits per heavy atom. The van der Waals surface area contributed by atoms with Gasteiger partial charge in [0, 0.05) is 37.9 Å². The third-order valence-corrected chi connectivity index (χ3v) is 6.40. The van der Waals surface area contributed by atoms with E-state index in [1.54, 1.807) is 12.1 Å². The summed E-state index contributed by atoms with van der Waals surface area (Å²) in [6, 6.07) is 4.66. The van der Waals surface area contributed by atoms with Crippen LogP contribution in [0.4, 0.5) is 5.95 Å². The normalized spacial score (nSPS) is 16.7. The molecule has 0 aliphatic carbocycles. The maximum absolute atomic E-state index is 12.6. The van der Waals surface area contributed by atoms with Crippen molar-refractivity contribution in [2.45, 2.75) is 30.8 Å². The van der Waals surface area contributed by atoms with Gasteiger partial charge in [0.05, 0.1) is 5.92 Å².